The largest absolute Gasteiger partial charge is 0.484 e. The molecule has 180 valence electrons. The molecule has 0 radical (unpaired) electrons. The van der Waals surface area contributed by atoms with Crippen molar-refractivity contribution in [3.8, 4) is 5.75 Å². The first-order valence-corrected chi connectivity index (χ1v) is 11.0. The highest BCUT2D eigenvalue weighted by molar-refractivity contribution is 6.39. The van der Waals surface area contributed by atoms with Gasteiger partial charge in [-0.1, -0.05) is 18.2 Å². The first-order chi connectivity index (χ1) is 16.7. The fourth-order valence-corrected chi connectivity index (χ4v) is 3.32. The minimum absolute atomic E-state index is 0.133. The van der Waals surface area contributed by atoms with Crippen LogP contribution in [0.4, 0.5) is 11.4 Å². The maximum Gasteiger partial charge on any atom is 0.329 e. The zero-order chi connectivity index (χ0) is 25.4. The predicted molar refractivity (Wildman–Crippen MR) is 137 cm³/mol. The third-order valence-electron chi connectivity index (χ3n) is 5.19. The van der Waals surface area contributed by atoms with Crippen molar-refractivity contribution in [2.75, 3.05) is 17.2 Å². The Labute approximate surface area is 204 Å². The van der Waals surface area contributed by atoms with Gasteiger partial charge in [0.1, 0.15) is 5.75 Å². The number of carbonyl (C=O) groups excluding carboxylic acids is 3. The molecule has 0 aliphatic heterocycles. The van der Waals surface area contributed by atoms with Crippen molar-refractivity contribution < 1.29 is 19.1 Å². The summed E-state index contributed by atoms with van der Waals surface area (Å²) in [6.45, 7) is 7.59. The first-order valence-electron chi connectivity index (χ1n) is 11.0. The van der Waals surface area contributed by atoms with Crippen molar-refractivity contribution in [2.45, 2.75) is 27.7 Å². The van der Waals surface area contributed by atoms with Crippen LogP contribution in [0.1, 0.15) is 27.8 Å². The lowest BCUT2D eigenvalue weighted by Crippen LogP contribution is -2.32. The Kier molecular flexibility index (Phi) is 8.34. The Balaban J connectivity index is 1.45. The number of benzene rings is 3. The molecule has 3 amide bonds. The Morgan fingerprint density at radius 1 is 0.857 bits per heavy atom. The molecule has 0 fully saturated rings. The number of amides is 3. The van der Waals surface area contributed by atoms with Gasteiger partial charge in [-0.25, -0.2) is 5.43 Å². The summed E-state index contributed by atoms with van der Waals surface area (Å²) in [5.74, 6) is -1.44. The van der Waals surface area contributed by atoms with Gasteiger partial charge < -0.3 is 15.4 Å². The number of ether oxygens (including phenoxy) is 1. The van der Waals surface area contributed by atoms with Crippen molar-refractivity contribution in [1.82, 2.24) is 5.43 Å². The Hall–Kier alpha value is -4.46. The van der Waals surface area contributed by atoms with Crippen LogP contribution in [-0.2, 0) is 14.4 Å². The number of nitrogens with one attached hydrogen (secondary N) is 3. The van der Waals surface area contributed by atoms with Gasteiger partial charge in [-0.2, -0.15) is 5.10 Å². The minimum Gasteiger partial charge on any atom is -0.484 e. The molecule has 3 aromatic rings. The fourth-order valence-electron chi connectivity index (χ4n) is 3.32. The van der Waals surface area contributed by atoms with E-state index in [0.717, 1.165) is 27.9 Å². The maximum atomic E-state index is 12.2. The van der Waals surface area contributed by atoms with Crippen LogP contribution >= 0.6 is 0 Å². The molecule has 0 heterocycles. The van der Waals surface area contributed by atoms with Crippen molar-refractivity contribution in [2.24, 2.45) is 5.10 Å². The average molecular weight is 473 g/mol. The maximum absolute atomic E-state index is 12.2. The Morgan fingerprint density at radius 3 is 2.23 bits per heavy atom. The van der Waals surface area contributed by atoms with Gasteiger partial charge in [0.25, 0.3) is 5.91 Å². The van der Waals surface area contributed by atoms with E-state index in [1.54, 1.807) is 36.4 Å². The van der Waals surface area contributed by atoms with E-state index in [-0.39, 0.29) is 12.5 Å². The molecule has 0 unspecified atom stereocenters. The predicted octanol–water partition coefficient (Wildman–Crippen LogP) is 4.03. The molecule has 3 aromatic carbocycles. The van der Waals surface area contributed by atoms with Crippen LogP contribution in [0.2, 0.25) is 0 Å². The van der Waals surface area contributed by atoms with Crippen LogP contribution < -0.4 is 20.8 Å². The number of aryl methyl sites for hydroxylation is 3. The van der Waals surface area contributed by atoms with Crippen LogP contribution in [0.15, 0.2) is 65.8 Å². The third kappa shape index (κ3) is 7.53. The zero-order valence-corrected chi connectivity index (χ0v) is 20.1. The SMILES string of the molecule is Cc1cc(C)cc(NC(=O)COc2ccc(/C=N\NC(=O)C(=O)Nc3cccc(C)c3C)cc2)c1. The van der Waals surface area contributed by atoms with Crippen molar-refractivity contribution in [3.05, 3.63) is 88.5 Å². The molecule has 0 atom stereocenters. The molecule has 0 aliphatic carbocycles. The highest BCUT2D eigenvalue weighted by atomic mass is 16.5. The van der Waals surface area contributed by atoms with Crippen LogP contribution in [0.5, 0.6) is 5.75 Å². The van der Waals surface area contributed by atoms with E-state index in [1.807, 2.05) is 52.0 Å². The molecule has 0 saturated carbocycles. The van der Waals surface area contributed by atoms with Crippen molar-refractivity contribution in [3.63, 3.8) is 0 Å². The van der Waals surface area contributed by atoms with E-state index in [0.29, 0.717) is 17.0 Å². The van der Waals surface area contributed by atoms with E-state index in [9.17, 15) is 14.4 Å². The summed E-state index contributed by atoms with van der Waals surface area (Å²) in [6.07, 6.45) is 1.40. The van der Waals surface area contributed by atoms with Crippen molar-refractivity contribution in [1.29, 1.82) is 0 Å². The molecule has 3 rings (SSSR count). The number of rotatable bonds is 7. The summed E-state index contributed by atoms with van der Waals surface area (Å²) in [5, 5.41) is 9.21. The van der Waals surface area contributed by atoms with Crippen LogP contribution in [0.3, 0.4) is 0 Å². The summed E-state index contributed by atoms with van der Waals surface area (Å²) in [7, 11) is 0. The summed E-state index contributed by atoms with van der Waals surface area (Å²) < 4.78 is 5.53. The molecule has 35 heavy (non-hydrogen) atoms. The number of hydrogen-bond acceptors (Lipinski definition) is 5. The van der Waals surface area contributed by atoms with Gasteiger partial charge in [-0.3, -0.25) is 14.4 Å². The molecule has 0 aromatic heterocycles. The number of hydrogen-bond donors (Lipinski definition) is 3. The number of nitrogens with zero attached hydrogens (tertiary/aromatic N) is 1. The Bertz CT molecular complexity index is 1250. The van der Waals surface area contributed by atoms with E-state index < -0.39 is 11.8 Å². The third-order valence-corrected chi connectivity index (χ3v) is 5.19. The number of anilines is 2. The first kappa shape index (κ1) is 25.2. The van der Waals surface area contributed by atoms with Gasteiger partial charge in [0.15, 0.2) is 6.61 Å². The standard InChI is InChI=1S/C27H28N4O4/c1-17-12-18(2)14-22(13-17)29-25(32)16-35-23-10-8-21(9-11-23)15-28-31-27(34)26(33)30-24-7-5-6-19(3)20(24)4/h5-15H,16H2,1-4H3,(H,29,32)(H,30,33)(H,31,34)/b28-15-. The molecular weight excluding hydrogens is 444 g/mol. The van der Waals surface area contributed by atoms with Crippen LogP contribution in [0, 0.1) is 27.7 Å². The van der Waals surface area contributed by atoms with E-state index >= 15 is 0 Å². The second-order valence-electron chi connectivity index (χ2n) is 8.18. The van der Waals surface area contributed by atoms with E-state index in [4.69, 9.17) is 4.74 Å². The van der Waals surface area contributed by atoms with E-state index in [1.165, 1.54) is 6.21 Å². The Morgan fingerprint density at radius 2 is 1.54 bits per heavy atom. The average Bonchev–Trinajstić information content (AvgIpc) is 2.80. The quantitative estimate of drug-likeness (QED) is 0.274. The molecule has 0 bridgehead atoms. The number of hydrazone groups is 1. The van der Waals surface area contributed by atoms with E-state index in [2.05, 4.69) is 21.2 Å². The molecule has 0 spiro atoms. The lowest BCUT2D eigenvalue weighted by molar-refractivity contribution is -0.136. The normalized spacial score (nSPS) is 10.6. The minimum atomic E-state index is -0.878. The van der Waals surface area contributed by atoms with Gasteiger partial charge >= 0.3 is 11.8 Å². The van der Waals surface area contributed by atoms with Gasteiger partial charge in [0.05, 0.1) is 6.21 Å². The monoisotopic (exact) mass is 472 g/mol. The molecular formula is C27H28N4O4. The molecule has 8 nitrogen and oxygen atoms in total. The summed E-state index contributed by atoms with van der Waals surface area (Å²) >= 11 is 0. The fraction of sp³-hybridized carbons (Fsp3) is 0.185. The lowest BCUT2D eigenvalue weighted by Gasteiger charge is -2.09. The van der Waals surface area contributed by atoms with Crippen LogP contribution in [-0.4, -0.2) is 30.5 Å². The molecule has 0 aliphatic rings. The highest BCUT2D eigenvalue weighted by Gasteiger charge is 2.14. The van der Waals surface area contributed by atoms with Crippen LogP contribution in [0.25, 0.3) is 0 Å². The molecule has 3 N–H and O–H groups in total. The number of carbonyl (C=O) groups is 3. The highest BCUT2D eigenvalue weighted by Crippen LogP contribution is 2.18. The second-order valence-corrected chi connectivity index (χ2v) is 8.18. The molecule has 8 heteroatoms. The lowest BCUT2D eigenvalue weighted by atomic mass is 10.1. The molecule has 0 saturated heterocycles. The summed E-state index contributed by atoms with van der Waals surface area (Å²) in [4.78, 5) is 36.3. The van der Waals surface area contributed by atoms with Gasteiger partial charge in [-0.05, 0) is 98.0 Å². The van der Waals surface area contributed by atoms with Crippen molar-refractivity contribution >= 4 is 35.3 Å². The topological polar surface area (TPSA) is 109 Å². The summed E-state index contributed by atoms with van der Waals surface area (Å²) in [6, 6.07) is 18.1. The second kappa shape index (κ2) is 11.6. The van der Waals surface area contributed by atoms with Gasteiger partial charge in [0.2, 0.25) is 0 Å². The zero-order valence-electron chi connectivity index (χ0n) is 20.1. The smallest absolute Gasteiger partial charge is 0.329 e. The van der Waals surface area contributed by atoms with Gasteiger partial charge in [-0.15, -0.1) is 0 Å². The summed E-state index contributed by atoms with van der Waals surface area (Å²) in [5.41, 5.74) is 8.22. The van der Waals surface area contributed by atoms with Gasteiger partial charge in [0, 0.05) is 11.4 Å².